The molecule has 0 aliphatic rings. The molecule has 0 aliphatic heterocycles. The summed E-state index contributed by atoms with van der Waals surface area (Å²) in [6.45, 7) is 4.21. The van der Waals surface area contributed by atoms with E-state index in [4.69, 9.17) is 16.0 Å². The van der Waals surface area contributed by atoms with Crippen LogP contribution in [0.1, 0.15) is 11.3 Å². The molecule has 0 atom stereocenters. The van der Waals surface area contributed by atoms with Gasteiger partial charge in [0.25, 0.3) is 0 Å². The van der Waals surface area contributed by atoms with Crippen LogP contribution in [-0.2, 0) is 0 Å². The Kier molecular flexibility index (Phi) is 5.05. The summed E-state index contributed by atoms with van der Waals surface area (Å²) < 4.78 is 6.05. The number of rotatable bonds is 5. The molecule has 4 nitrogen and oxygen atoms in total. The molecule has 0 aliphatic carbocycles. The van der Waals surface area contributed by atoms with Gasteiger partial charge in [-0.1, -0.05) is 48.5 Å². The standard InChI is InChI=1S/C21H22ClN3O/c1-14(15-10-6-8-12-17(15)24(2)3)19-20(22)23-21(26-19)16-11-7-9-13-18(16)25(4)5/h6-13H,1H2,2-5H3. The minimum atomic E-state index is 0.312. The van der Waals surface area contributed by atoms with E-state index >= 15 is 0 Å². The molecule has 26 heavy (non-hydrogen) atoms. The molecule has 134 valence electrons. The van der Waals surface area contributed by atoms with E-state index in [-0.39, 0.29) is 0 Å². The quantitative estimate of drug-likeness (QED) is 0.621. The minimum Gasteiger partial charge on any atom is -0.434 e. The van der Waals surface area contributed by atoms with E-state index in [0.29, 0.717) is 22.4 Å². The molecule has 1 heterocycles. The predicted molar refractivity (Wildman–Crippen MR) is 110 cm³/mol. The van der Waals surface area contributed by atoms with Gasteiger partial charge in [-0.25, -0.2) is 0 Å². The second kappa shape index (κ2) is 7.26. The zero-order valence-electron chi connectivity index (χ0n) is 15.5. The van der Waals surface area contributed by atoms with Crippen molar-refractivity contribution in [1.29, 1.82) is 0 Å². The highest BCUT2D eigenvalue weighted by Crippen LogP contribution is 2.37. The second-order valence-corrected chi connectivity index (χ2v) is 6.80. The molecule has 0 saturated carbocycles. The van der Waals surface area contributed by atoms with Crippen LogP contribution in [0.15, 0.2) is 59.5 Å². The van der Waals surface area contributed by atoms with E-state index in [1.807, 2.05) is 86.5 Å². The van der Waals surface area contributed by atoms with Crippen LogP contribution in [0, 0.1) is 0 Å². The van der Waals surface area contributed by atoms with Crippen molar-refractivity contribution in [2.45, 2.75) is 0 Å². The third-order valence-electron chi connectivity index (χ3n) is 4.19. The maximum atomic E-state index is 6.41. The molecule has 0 unspecified atom stereocenters. The molecule has 0 amide bonds. The van der Waals surface area contributed by atoms with Gasteiger partial charge in [-0.15, -0.1) is 0 Å². The Bertz CT molecular complexity index is 944. The fraction of sp³-hybridized carbons (Fsp3) is 0.190. The Morgan fingerprint density at radius 1 is 0.923 bits per heavy atom. The van der Waals surface area contributed by atoms with Crippen LogP contribution in [-0.4, -0.2) is 33.2 Å². The minimum absolute atomic E-state index is 0.312. The molecule has 2 aromatic carbocycles. The van der Waals surface area contributed by atoms with Gasteiger partial charge in [0.15, 0.2) is 10.9 Å². The topological polar surface area (TPSA) is 32.5 Å². The van der Waals surface area contributed by atoms with Crippen molar-refractivity contribution in [1.82, 2.24) is 4.98 Å². The lowest BCUT2D eigenvalue weighted by molar-refractivity contribution is 0.561. The van der Waals surface area contributed by atoms with Crippen molar-refractivity contribution in [3.63, 3.8) is 0 Å². The van der Waals surface area contributed by atoms with Crippen molar-refractivity contribution >= 4 is 28.5 Å². The van der Waals surface area contributed by atoms with Crippen molar-refractivity contribution in [3.05, 3.63) is 71.6 Å². The smallest absolute Gasteiger partial charge is 0.230 e. The number of hydrogen-bond donors (Lipinski definition) is 0. The van der Waals surface area contributed by atoms with Crippen molar-refractivity contribution < 1.29 is 4.42 Å². The average molecular weight is 368 g/mol. The molecule has 0 N–H and O–H groups in total. The average Bonchev–Trinajstić information content (AvgIpc) is 3.02. The second-order valence-electron chi connectivity index (χ2n) is 6.44. The molecule has 5 heteroatoms. The summed E-state index contributed by atoms with van der Waals surface area (Å²) in [6.07, 6.45) is 0. The number of halogens is 1. The highest BCUT2D eigenvalue weighted by Gasteiger charge is 2.20. The number of aromatic nitrogens is 1. The maximum absolute atomic E-state index is 6.41. The van der Waals surface area contributed by atoms with Gasteiger partial charge in [0.1, 0.15) is 0 Å². The maximum Gasteiger partial charge on any atom is 0.230 e. The zero-order valence-corrected chi connectivity index (χ0v) is 16.2. The number of hydrogen-bond acceptors (Lipinski definition) is 4. The first-order chi connectivity index (χ1) is 12.4. The van der Waals surface area contributed by atoms with E-state index in [1.54, 1.807) is 0 Å². The molecule has 0 fully saturated rings. The van der Waals surface area contributed by atoms with E-state index in [2.05, 4.69) is 11.6 Å². The lowest BCUT2D eigenvalue weighted by Crippen LogP contribution is -2.10. The molecular weight excluding hydrogens is 346 g/mol. The molecular formula is C21H22ClN3O. The Labute approximate surface area is 159 Å². The highest BCUT2D eigenvalue weighted by molar-refractivity contribution is 6.31. The van der Waals surface area contributed by atoms with Gasteiger partial charge < -0.3 is 14.2 Å². The molecule has 0 radical (unpaired) electrons. The number of nitrogens with zero attached hydrogens (tertiary/aromatic N) is 3. The van der Waals surface area contributed by atoms with Gasteiger partial charge in [-0.05, 0) is 18.2 Å². The SMILES string of the molecule is C=C(c1ccccc1N(C)C)c1oc(-c2ccccc2N(C)C)nc1Cl. The predicted octanol–water partition coefficient (Wildman–Crippen LogP) is 5.19. The van der Waals surface area contributed by atoms with Crippen LogP contribution in [0.2, 0.25) is 5.15 Å². The van der Waals surface area contributed by atoms with Gasteiger partial charge in [0, 0.05) is 50.7 Å². The monoisotopic (exact) mass is 367 g/mol. The van der Waals surface area contributed by atoms with Gasteiger partial charge >= 0.3 is 0 Å². The molecule has 3 rings (SSSR count). The lowest BCUT2D eigenvalue weighted by atomic mass is 10.0. The first-order valence-corrected chi connectivity index (χ1v) is 8.67. The van der Waals surface area contributed by atoms with Crippen molar-refractivity contribution in [3.8, 4) is 11.5 Å². The molecule has 0 spiro atoms. The normalized spacial score (nSPS) is 10.7. The Hall–Kier alpha value is -2.72. The van der Waals surface area contributed by atoms with Crippen LogP contribution in [0.5, 0.6) is 0 Å². The number of oxazole rings is 1. The lowest BCUT2D eigenvalue weighted by Gasteiger charge is -2.18. The summed E-state index contributed by atoms with van der Waals surface area (Å²) in [7, 11) is 7.95. The Morgan fingerprint density at radius 2 is 1.50 bits per heavy atom. The molecule has 0 saturated heterocycles. The molecule has 3 aromatic rings. The summed E-state index contributed by atoms with van der Waals surface area (Å²) in [5.74, 6) is 0.974. The van der Waals surface area contributed by atoms with E-state index in [0.717, 1.165) is 22.5 Å². The zero-order chi connectivity index (χ0) is 18.8. The summed E-state index contributed by atoms with van der Waals surface area (Å²) in [6, 6.07) is 15.9. The van der Waals surface area contributed by atoms with E-state index in [1.165, 1.54) is 0 Å². The van der Waals surface area contributed by atoms with Crippen molar-refractivity contribution in [2.75, 3.05) is 38.0 Å². The largest absolute Gasteiger partial charge is 0.434 e. The molecule has 0 bridgehead atoms. The van der Waals surface area contributed by atoms with Crippen LogP contribution in [0.3, 0.4) is 0 Å². The third kappa shape index (κ3) is 3.33. The van der Waals surface area contributed by atoms with Gasteiger partial charge in [0.2, 0.25) is 5.89 Å². The first-order valence-electron chi connectivity index (χ1n) is 8.29. The summed E-state index contributed by atoms with van der Waals surface area (Å²) in [5.41, 5.74) is 4.61. The Morgan fingerprint density at radius 3 is 2.15 bits per heavy atom. The fourth-order valence-corrected chi connectivity index (χ4v) is 3.12. The summed E-state index contributed by atoms with van der Waals surface area (Å²) >= 11 is 6.41. The van der Waals surface area contributed by atoms with Crippen LogP contribution >= 0.6 is 11.6 Å². The first kappa shape index (κ1) is 18.1. The van der Waals surface area contributed by atoms with Crippen molar-refractivity contribution in [2.24, 2.45) is 0 Å². The van der Waals surface area contributed by atoms with Crippen LogP contribution < -0.4 is 9.80 Å². The van der Waals surface area contributed by atoms with E-state index < -0.39 is 0 Å². The number of para-hydroxylation sites is 2. The van der Waals surface area contributed by atoms with E-state index in [9.17, 15) is 0 Å². The highest BCUT2D eigenvalue weighted by atomic mass is 35.5. The van der Waals surface area contributed by atoms with Crippen LogP contribution in [0.25, 0.3) is 17.0 Å². The van der Waals surface area contributed by atoms with Crippen LogP contribution in [0.4, 0.5) is 11.4 Å². The third-order valence-corrected chi connectivity index (χ3v) is 4.44. The van der Waals surface area contributed by atoms with Gasteiger partial charge in [-0.2, -0.15) is 4.98 Å². The molecule has 1 aromatic heterocycles. The summed E-state index contributed by atoms with van der Waals surface area (Å²) in [4.78, 5) is 8.49. The van der Waals surface area contributed by atoms with Gasteiger partial charge in [0.05, 0.1) is 5.56 Å². The fourth-order valence-electron chi connectivity index (χ4n) is 2.89. The number of anilines is 2. The summed E-state index contributed by atoms with van der Waals surface area (Å²) in [5, 5.41) is 0.312. The Balaban J connectivity index is 2.07. The van der Waals surface area contributed by atoms with Gasteiger partial charge in [-0.3, -0.25) is 0 Å². The number of benzene rings is 2.